The summed E-state index contributed by atoms with van der Waals surface area (Å²) in [7, 11) is 4.16. The summed E-state index contributed by atoms with van der Waals surface area (Å²) in [6, 6.07) is 0.580. The van der Waals surface area contributed by atoms with Gasteiger partial charge in [-0.05, 0) is 48.2 Å². The highest BCUT2D eigenvalue weighted by atomic mass is 79.9. The lowest BCUT2D eigenvalue weighted by molar-refractivity contribution is 0.274. The Balaban J connectivity index is 2.11. The largest absolute Gasteiger partial charge is 0.316 e. The van der Waals surface area contributed by atoms with Crippen LogP contribution in [0, 0.1) is 5.92 Å². The third-order valence-electron chi connectivity index (χ3n) is 4.51. The molecule has 1 saturated carbocycles. The Morgan fingerprint density at radius 2 is 2.05 bits per heavy atom. The lowest BCUT2D eigenvalue weighted by atomic mass is 9.82. The van der Waals surface area contributed by atoms with Crippen molar-refractivity contribution in [2.45, 2.75) is 57.9 Å². The highest BCUT2D eigenvalue weighted by molar-refractivity contribution is 9.10. The van der Waals surface area contributed by atoms with E-state index in [9.17, 15) is 0 Å². The van der Waals surface area contributed by atoms with Gasteiger partial charge in [-0.3, -0.25) is 4.68 Å². The standard InChI is InChI=1S/C15H26BrN3/c1-4-12-15(16)14(19(3)18-12)10-13(17-2)11-8-6-5-7-9-11/h11,13,17H,4-10H2,1-3H3. The highest BCUT2D eigenvalue weighted by Crippen LogP contribution is 2.30. The van der Waals surface area contributed by atoms with Crippen LogP contribution in [-0.2, 0) is 19.9 Å². The molecule has 0 amide bonds. The maximum Gasteiger partial charge on any atom is 0.0766 e. The zero-order chi connectivity index (χ0) is 13.8. The van der Waals surface area contributed by atoms with E-state index in [1.807, 2.05) is 0 Å². The van der Waals surface area contributed by atoms with Gasteiger partial charge in [-0.25, -0.2) is 0 Å². The first kappa shape index (κ1) is 15.0. The minimum absolute atomic E-state index is 0.580. The van der Waals surface area contributed by atoms with Gasteiger partial charge in [0.25, 0.3) is 0 Å². The summed E-state index contributed by atoms with van der Waals surface area (Å²) < 4.78 is 3.27. The van der Waals surface area contributed by atoms with Crippen molar-refractivity contribution in [1.82, 2.24) is 15.1 Å². The molecule has 1 aromatic rings. The first-order valence-corrected chi connectivity index (χ1v) is 8.34. The van der Waals surface area contributed by atoms with E-state index in [1.165, 1.54) is 48.0 Å². The maximum atomic E-state index is 4.60. The maximum absolute atomic E-state index is 4.60. The molecule has 3 nitrogen and oxygen atoms in total. The number of hydrogen-bond donors (Lipinski definition) is 1. The summed E-state index contributed by atoms with van der Waals surface area (Å²) in [6.45, 7) is 2.16. The molecule has 0 aliphatic heterocycles. The molecule has 4 heteroatoms. The van der Waals surface area contributed by atoms with Gasteiger partial charge in [0.2, 0.25) is 0 Å². The van der Waals surface area contributed by atoms with Crippen molar-refractivity contribution >= 4 is 15.9 Å². The molecule has 0 saturated heterocycles. The molecule has 1 atom stereocenters. The quantitative estimate of drug-likeness (QED) is 0.897. The monoisotopic (exact) mass is 327 g/mol. The molecule has 0 spiro atoms. The Hall–Kier alpha value is -0.350. The summed E-state index contributed by atoms with van der Waals surface area (Å²) in [5.74, 6) is 0.825. The number of rotatable bonds is 5. The van der Waals surface area contributed by atoms with Crippen LogP contribution in [0.1, 0.15) is 50.4 Å². The smallest absolute Gasteiger partial charge is 0.0766 e. The van der Waals surface area contributed by atoms with E-state index in [0.717, 1.165) is 18.8 Å². The van der Waals surface area contributed by atoms with Crippen LogP contribution in [0.2, 0.25) is 0 Å². The average Bonchev–Trinajstić information content (AvgIpc) is 2.72. The lowest BCUT2D eigenvalue weighted by Gasteiger charge is -2.30. The molecule has 1 aromatic heterocycles. The minimum Gasteiger partial charge on any atom is -0.316 e. The molecular weight excluding hydrogens is 302 g/mol. The molecule has 1 N–H and O–H groups in total. The summed E-state index contributed by atoms with van der Waals surface area (Å²) >= 11 is 3.73. The highest BCUT2D eigenvalue weighted by Gasteiger charge is 2.25. The molecule has 1 heterocycles. The van der Waals surface area contributed by atoms with Gasteiger partial charge in [-0.2, -0.15) is 5.10 Å². The molecule has 19 heavy (non-hydrogen) atoms. The lowest BCUT2D eigenvalue weighted by Crippen LogP contribution is -2.37. The number of hydrogen-bond acceptors (Lipinski definition) is 2. The number of aromatic nitrogens is 2. The van der Waals surface area contributed by atoms with Crippen LogP contribution in [0.3, 0.4) is 0 Å². The molecule has 0 bridgehead atoms. The summed E-state index contributed by atoms with van der Waals surface area (Å²) in [4.78, 5) is 0. The van der Waals surface area contributed by atoms with Crippen LogP contribution in [0.5, 0.6) is 0 Å². The van der Waals surface area contributed by atoms with Crippen LogP contribution in [0.25, 0.3) is 0 Å². The van der Waals surface area contributed by atoms with Crippen molar-refractivity contribution in [3.8, 4) is 0 Å². The van der Waals surface area contributed by atoms with E-state index in [1.54, 1.807) is 0 Å². The van der Waals surface area contributed by atoms with Gasteiger partial charge in [-0.15, -0.1) is 0 Å². The second-order valence-electron chi connectivity index (χ2n) is 5.68. The Morgan fingerprint density at radius 1 is 1.37 bits per heavy atom. The third kappa shape index (κ3) is 3.40. The first-order valence-electron chi connectivity index (χ1n) is 7.54. The Morgan fingerprint density at radius 3 is 2.58 bits per heavy atom. The first-order chi connectivity index (χ1) is 9.17. The van der Waals surface area contributed by atoms with Gasteiger partial charge in [0.05, 0.1) is 15.9 Å². The number of halogens is 1. The van der Waals surface area contributed by atoms with Crippen molar-refractivity contribution in [1.29, 1.82) is 0 Å². The van der Waals surface area contributed by atoms with Crippen molar-refractivity contribution in [3.05, 3.63) is 15.9 Å². The summed E-state index contributed by atoms with van der Waals surface area (Å²) in [5, 5.41) is 8.14. The van der Waals surface area contributed by atoms with Crippen LogP contribution in [-0.4, -0.2) is 22.9 Å². The van der Waals surface area contributed by atoms with E-state index in [0.29, 0.717) is 6.04 Å². The average molecular weight is 328 g/mol. The molecular formula is C15H26BrN3. The topological polar surface area (TPSA) is 29.9 Å². The second kappa shape index (κ2) is 6.89. The number of aryl methyl sites for hydroxylation is 2. The fraction of sp³-hybridized carbons (Fsp3) is 0.800. The Labute approximate surface area is 125 Å². The van der Waals surface area contributed by atoms with Gasteiger partial charge < -0.3 is 5.32 Å². The third-order valence-corrected chi connectivity index (χ3v) is 5.42. The van der Waals surface area contributed by atoms with Gasteiger partial charge in [0.15, 0.2) is 0 Å². The van der Waals surface area contributed by atoms with E-state index >= 15 is 0 Å². The fourth-order valence-electron chi connectivity index (χ4n) is 3.29. The van der Waals surface area contributed by atoms with Gasteiger partial charge in [-0.1, -0.05) is 26.2 Å². The number of nitrogens with one attached hydrogen (secondary N) is 1. The molecule has 0 radical (unpaired) electrons. The van der Waals surface area contributed by atoms with E-state index in [4.69, 9.17) is 0 Å². The molecule has 1 aliphatic carbocycles. The molecule has 2 rings (SSSR count). The summed E-state index contributed by atoms with van der Waals surface area (Å²) in [6.07, 6.45) is 9.03. The number of nitrogens with zero attached hydrogens (tertiary/aromatic N) is 2. The van der Waals surface area contributed by atoms with Crippen LogP contribution >= 0.6 is 15.9 Å². The minimum atomic E-state index is 0.580. The SMILES string of the molecule is CCc1nn(C)c(CC(NC)C2CCCCC2)c1Br. The van der Waals surface area contributed by atoms with E-state index in [-0.39, 0.29) is 0 Å². The molecule has 1 aliphatic rings. The fourth-order valence-corrected chi connectivity index (χ4v) is 4.07. The molecule has 1 unspecified atom stereocenters. The van der Waals surface area contributed by atoms with Gasteiger partial charge in [0.1, 0.15) is 0 Å². The van der Waals surface area contributed by atoms with Crippen LogP contribution in [0.4, 0.5) is 0 Å². The van der Waals surface area contributed by atoms with Crippen LogP contribution < -0.4 is 5.32 Å². The van der Waals surface area contributed by atoms with Crippen molar-refractivity contribution in [3.63, 3.8) is 0 Å². The van der Waals surface area contributed by atoms with E-state index < -0.39 is 0 Å². The van der Waals surface area contributed by atoms with Crippen molar-refractivity contribution < 1.29 is 0 Å². The predicted octanol–water partition coefficient (Wildman–Crippen LogP) is 3.46. The normalized spacial score (nSPS) is 18.7. The Bertz CT molecular complexity index is 408. The summed E-state index contributed by atoms with van der Waals surface area (Å²) in [5.41, 5.74) is 2.51. The molecule has 0 aromatic carbocycles. The Kier molecular flexibility index (Phi) is 5.46. The predicted molar refractivity (Wildman–Crippen MR) is 83.4 cm³/mol. The zero-order valence-corrected chi connectivity index (χ0v) is 14.0. The van der Waals surface area contributed by atoms with E-state index in [2.05, 4.69) is 52.0 Å². The van der Waals surface area contributed by atoms with Gasteiger partial charge >= 0.3 is 0 Å². The second-order valence-corrected chi connectivity index (χ2v) is 6.47. The number of likely N-dealkylation sites (N-methyl/N-ethyl adjacent to an activating group) is 1. The van der Waals surface area contributed by atoms with Crippen molar-refractivity contribution in [2.24, 2.45) is 13.0 Å². The van der Waals surface area contributed by atoms with Gasteiger partial charge in [0, 0.05) is 19.5 Å². The molecule has 108 valence electrons. The zero-order valence-electron chi connectivity index (χ0n) is 12.4. The molecule has 1 fully saturated rings. The van der Waals surface area contributed by atoms with Crippen molar-refractivity contribution in [2.75, 3.05) is 7.05 Å². The van der Waals surface area contributed by atoms with Crippen LogP contribution in [0.15, 0.2) is 4.47 Å².